The van der Waals surface area contributed by atoms with Crippen molar-refractivity contribution < 1.29 is 14.3 Å². The number of hydrogen-bond acceptors (Lipinski definition) is 4. The van der Waals surface area contributed by atoms with E-state index in [2.05, 4.69) is 5.32 Å². The van der Waals surface area contributed by atoms with Gasteiger partial charge in [0, 0.05) is 42.3 Å². The molecule has 2 aromatic carbocycles. The maximum Gasteiger partial charge on any atom is 0.264 e. The predicted molar refractivity (Wildman–Crippen MR) is 119 cm³/mol. The van der Waals surface area contributed by atoms with Crippen LogP contribution in [0.3, 0.4) is 0 Å². The number of halogens is 1. The van der Waals surface area contributed by atoms with E-state index in [1.54, 1.807) is 30.1 Å². The molecule has 29 heavy (non-hydrogen) atoms. The number of carbonyl (C=O) groups is 2. The number of benzene rings is 2. The molecule has 152 valence electrons. The van der Waals surface area contributed by atoms with Crippen molar-refractivity contribution in [1.29, 1.82) is 0 Å². The lowest BCUT2D eigenvalue weighted by atomic mass is 10.1. The Balaban J connectivity index is 1.75. The third kappa shape index (κ3) is 5.41. The van der Waals surface area contributed by atoms with Gasteiger partial charge in [0.1, 0.15) is 0 Å². The van der Waals surface area contributed by atoms with Gasteiger partial charge in [0.15, 0.2) is 0 Å². The van der Waals surface area contributed by atoms with Gasteiger partial charge in [0.05, 0.1) is 10.6 Å². The highest BCUT2D eigenvalue weighted by Gasteiger charge is 2.27. The van der Waals surface area contributed by atoms with Crippen molar-refractivity contribution in [3.05, 3.63) is 63.5 Å². The van der Waals surface area contributed by atoms with Gasteiger partial charge < -0.3 is 15.0 Å². The molecular formula is C22H23ClN2O3S. The number of ether oxygens (including phenoxy) is 1. The van der Waals surface area contributed by atoms with Crippen molar-refractivity contribution in [1.82, 2.24) is 5.32 Å². The monoisotopic (exact) mass is 430 g/mol. The van der Waals surface area contributed by atoms with Crippen molar-refractivity contribution in [2.45, 2.75) is 18.2 Å². The predicted octanol–water partition coefficient (Wildman–Crippen LogP) is 4.61. The molecule has 1 heterocycles. The van der Waals surface area contributed by atoms with E-state index < -0.39 is 0 Å². The zero-order valence-corrected chi connectivity index (χ0v) is 18.0. The van der Waals surface area contributed by atoms with Crippen LogP contribution in [-0.4, -0.2) is 38.6 Å². The van der Waals surface area contributed by atoms with E-state index in [4.69, 9.17) is 16.3 Å². The molecule has 0 aromatic heterocycles. The summed E-state index contributed by atoms with van der Waals surface area (Å²) >= 11 is 7.44. The van der Waals surface area contributed by atoms with Crippen LogP contribution in [0.5, 0.6) is 0 Å². The van der Waals surface area contributed by atoms with Gasteiger partial charge in [-0.3, -0.25) is 9.59 Å². The average Bonchev–Trinajstić information content (AvgIpc) is 2.71. The number of fused-ring (bicyclic) bond motifs is 1. The number of nitrogens with one attached hydrogen (secondary N) is 1. The van der Waals surface area contributed by atoms with Crippen LogP contribution < -0.4 is 10.2 Å². The topological polar surface area (TPSA) is 58.6 Å². The molecule has 0 atom stereocenters. The van der Waals surface area contributed by atoms with Crippen molar-refractivity contribution in [3.8, 4) is 0 Å². The van der Waals surface area contributed by atoms with E-state index in [1.165, 1.54) is 11.8 Å². The zero-order chi connectivity index (χ0) is 20.8. The number of rotatable bonds is 7. The van der Waals surface area contributed by atoms with Crippen molar-refractivity contribution in [2.24, 2.45) is 0 Å². The molecule has 0 saturated heterocycles. The Morgan fingerprint density at radius 1 is 1.28 bits per heavy atom. The van der Waals surface area contributed by atoms with Gasteiger partial charge in [-0.15, -0.1) is 0 Å². The average molecular weight is 431 g/mol. The summed E-state index contributed by atoms with van der Waals surface area (Å²) in [6, 6.07) is 12.8. The lowest BCUT2D eigenvalue weighted by Gasteiger charge is -2.27. The van der Waals surface area contributed by atoms with E-state index in [0.717, 1.165) is 22.6 Å². The highest BCUT2D eigenvalue weighted by molar-refractivity contribution is 8.04. The molecule has 2 amide bonds. The Morgan fingerprint density at radius 2 is 2.10 bits per heavy atom. The lowest BCUT2D eigenvalue weighted by molar-refractivity contribution is -0.114. The molecule has 0 saturated carbocycles. The van der Waals surface area contributed by atoms with Gasteiger partial charge in [-0.25, -0.2) is 0 Å². The van der Waals surface area contributed by atoms with Gasteiger partial charge in [0.25, 0.3) is 11.8 Å². The SMILES string of the molecule is CCOCCCNC(=O)c1ccc2c(c1)N(C)C(=O)C(=Cc1cccc(Cl)c1)S2. The minimum absolute atomic E-state index is 0.114. The summed E-state index contributed by atoms with van der Waals surface area (Å²) in [7, 11) is 1.72. The van der Waals surface area contributed by atoms with Crippen LogP contribution >= 0.6 is 23.4 Å². The van der Waals surface area contributed by atoms with E-state index in [1.807, 2.05) is 37.3 Å². The normalized spacial score (nSPS) is 14.8. The van der Waals surface area contributed by atoms with Crippen molar-refractivity contribution in [2.75, 3.05) is 31.7 Å². The summed E-state index contributed by atoms with van der Waals surface area (Å²) in [5, 5.41) is 3.51. The number of thioether (sulfide) groups is 1. The molecule has 1 aliphatic rings. The second-order valence-electron chi connectivity index (χ2n) is 6.52. The molecule has 3 rings (SSSR count). The standard InChI is InChI=1S/C22H23ClN2O3S/c1-3-28-11-5-10-24-21(26)16-8-9-19-18(14-16)25(2)22(27)20(29-19)13-15-6-4-7-17(23)12-15/h4,6-9,12-14H,3,5,10-11H2,1-2H3,(H,24,26). The smallest absolute Gasteiger partial charge is 0.264 e. The fraction of sp³-hybridized carbons (Fsp3) is 0.273. The summed E-state index contributed by atoms with van der Waals surface area (Å²) in [4.78, 5) is 28.3. The number of hydrogen-bond donors (Lipinski definition) is 1. The summed E-state index contributed by atoms with van der Waals surface area (Å²) in [6.45, 7) is 3.78. The van der Waals surface area contributed by atoms with E-state index in [-0.39, 0.29) is 11.8 Å². The Bertz CT molecular complexity index is 945. The quantitative estimate of drug-likeness (QED) is 0.515. The maximum atomic E-state index is 12.8. The Labute approximate surface area is 180 Å². The number of amides is 2. The fourth-order valence-corrected chi connectivity index (χ4v) is 4.20. The zero-order valence-electron chi connectivity index (χ0n) is 16.4. The Hall–Kier alpha value is -2.28. The largest absolute Gasteiger partial charge is 0.382 e. The number of carbonyl (C=O) groups excluding carboxylic acids is 2. The fourth-order valence-electron chi connectivity index (χ4n) is 2.91. The molecule has 5 nitrogen and oxygen atoms in total. The van der Waals surface area contributed by atoms with Crippen molar-refractivity contribution in [3.63, 3.8) is 0 Å². The minimum Gasteiger partial charge on any atom is -0.382 e. The molecule has 1 aliphatic heterocycles. The summed E-state index contributed by atoms with van der Waals surface area (Å²) in [5.74, 6) is -0.271. The number of likely N-dealkylation sites (N-methyl/N-ethyl adjacent to an activating group) is 1. The molecular weight excluding hydrogens is 408 g/mol. The first-order chi connectivity index (χ1) is 14.0. The first-order valence-corrected chi connectivity index (χ1v) is 10.6. The molecule has 2 aromatic rings. The summed E-state index contributed by atoms with van der Waals surface area (Å²) in [6.07, 6.45) is 2.59. The third-order valence-corrected chi connectivity index (χ3v) is 5.73. The Kier molecular flexibility index (Phi) is 7.36. The molecule has 0 spiro atoms. The van der Waals surface area contributed by atoms with Gasteiger partial charge >= 0.3 is 0 Å². The van der Waals surface area contributed by atoms with E-state index >= 15 is 0 Å². The van der Waals surface area contributed by atoms with E-state index in [9.17, 15) is 9.59 Å². The van der Waals surface area contributed by atoms with Crippen LogP contribution in [0.1, 0.15) is 29.3 Å². The van der Waals surface area contributed by atoms with Crippen LogP contribution in [0.15, 0.2) is 52.3 Å². The highest BCUT2D eigenvalue weighted by atomic mass is 35.5. The van der Waals surface area contributed by atoms with E-state index in [0.29, 0.717) is 35.2 Å². The van der Waals surface area contributed by atoms with Crippen molar-refractivity contribution >= 4 is 46.9 Å². The summed E-state index contributed by atoms with van der Waals surface area (Å²) in [5.41, 5.74) is 2.13. The lowest BCUT2D eigenvalue weighted by Crippen LogP contribution is -2.31. The molecule has 0 radical (unpaired) electrons. The molecule has 1 N–H and O–H groups in total. The van der Waals surface area contributed by atoms with Crippen LogP contribution in [0.2, 0.25) is 5.02 Å². The van der Waals surface area contributed by atoms with Gasteiger partial charge in [-0.2, -0.15) is 0 Å². The first kappa shape index (κ1) is 21.4. The second kappa shape index (κ2) is 9.96. The number of nitrogens with zero attached hydrogens (tertiary/aromatic N) is 1. The van der Waals surface area contributed by atoms with Gasteiger partial charge in [-0.1, -0.05) is 35.5 Å². The molecule has 0 aliphatic carbocycles. The van der Waals surface area contributed by atoms with Gasteiger partial charge in [0.2, 0.25) is 0 Å². The third-order valence-electron chi connectivity index (χ3n) is 4.42. The number of anilines is 1. The maximum absolute atomic E-state index is 12.8. The molecule has 0 unspecified atom stereocenters. The second-order valence-corrected chi connectivity index (χ2v) is 8.04. The molecule has 0 bridgehead atoms. The van der Waals surface area contributed by atoms with Crippen LogP contribution in [0.4, 0.5) is 5.69 Å². The molecule has 7 heteroatoms. The van der Waals surface area contributed by atoms with Crippen LogP contribution in [0, 0.1) is 0 Å². The van der Waals surface area contributed by atoms with Gasteiger partial charge in [-0.05, 0) is 55.3 Å². The summed E-state index contributed by atoms with van der Waals surface area (Å²) < 4.78 is 5.27. The highest BCUT2D eigenvalue weighted by Crippen LogP contribution is 2.42. The first-order valence-electron chi connectivity index (χ1n) is 9.42. The van der Waals surface area contributed by atoms with Crippen LogP contribution in [0.25, 0.3) is 6.08 Å². The minimum atomic E-state index is -0.157. The molecule has 0 fully saturated rings. The Morgan fingerprint density at radius 3 is 2.86 bits per heavy atom. The van der Waals surface area contributed by atoms with Crippen LogP contribution in [-0.2, 0) is 9.53 Å².